The summed E-state index contributed by atoms with van der Waals surface area (Å²) < 4.78 is 1.64. The standard InChI is InChI=1S/C17H17ClN4OS/c1-11(2)17-20-12(10-24-17)9-15(23)21-14-6-3-5-13(18)16(14)22-8-4-7-19-22/h3-8,10-11H,9H2,1-2H3,(H,21,23). The average molecular weight is 361 g/mol. The summed E-state index contributed by atoms with van der Waals surface area (Å²) in [5.41, 5.74) is 2.05. The van der Waals surface area contributed by atoms with Crippen molar-refractivity contribution in [1.29, 1.82) is 0 Å². The van der Waals surface area contributed by atoms with Crippen molar-refractivity contribution in [2.24, 2.45) is 0 Å². The first-order valence-electron chi connectivity index (χ1n) is 7.57. The smallest absolute Gasteiger partial charge is 0.230 e. The van der Waals surface area contributed by atoms with E-state index >= 15 is 0 Å². The second-order valence-electron chi connectivity index (χ2n) is 5.64. The number of benzene rings is 1. The Labute approximate surface area is 149 Å². The lowest BCUT2D eigenvalue weighted by molar-refractivity contribution is -0.115. The summed E-state index contributed by atoms with van der Waals surface area (Å²) in [5, 5.41) is 10.6. The molecule has 24 heavy (non-hydrogen) atoms. The highest BCUT2D eigenvalue weighted by atomic mass is 35.5. The molecule has 1 aromatic carbocycles. The second-order valence-corrected chi connectivity index (χ2v) is 6.94. The first-order valence-corrected chi connectivity index (χ1v) is 8.83. The molecule has 3 rings (SSSR count). The summed E-state index contributed by atoms with van der Waals surface area (Å²) in [6, 6.07) is 7.17. The van der Waals surface area contributed by atoms with Crippen LogP contribution in [0.25, 0.3) is 5.69 Å². The number of hydrogen-bond acceptors (Lipinski definition) is 4. The molecule has 0 aliphatic rings. The zero-order valence-corrected chi connectivity index (χ0v) is 14.9. The van der Waals surface area contributed by atoms with Gasteiger partial charge in [0.05, 0.1) is 27.8 Å². The Kier molecular flexibility index (Phi) is 4.97. The maximum Gasteiger partial charge on any atom is 0.230 e. The summed E-state index contributed by atoms with van der Waals surface area (Å²) in [4.78, 5) is 16.9. The predicted molar refractivity (Wildman–Crippen MR) is 97.1 cm³/mol. The lowest BCUT2D eigenvalue weighted by atomic mass is 10.2. The van der Waals surface area contributed by atoms with Crippen molar-refractivity contribution in [2.45, 2.75) is 26.2 Å². The number of carbonyl (C=O) groups excluding carboxylic acids is 1. The van der Waals surface area contributed by atoms with Crippen LogP contribution in [0.5, 0.6) is 0 Å². The topological polar surface area (TPSA) is 59.8 Å². The van der Waals surface area contributed by atoms with Crippen molar-refractivity contribution >= 4 is 34.5 Å². The minimum Gasteiger partial charge on any atom is -0.324 e. The van der Waals surface area contributed by atoms with E-state index in [0.29, 0.717) is 22.3 Å². The van der Waals surface area contributed by atoms with E-state index in [9.17, 15) is 4.79 Å². The average Bonchev–Trinajstić information content (AvgIpc) is 3.18. The zero-order chi connectivity index (χ0) is 17.1. The molecule has 7 heteroatoms. The van der Waals surface area contributed by atoms with Crippen LogP contribution in [0.1, 0.15) is 30.5 Å². The van der Waals surface area contributed by atoms with E-state index < -0.39 is 0 Å². The van der Waals surface area contributed by atoms with Crippen LogP contribution in [-0.4, -0.2) is 20.7 Å². The van der Waals surface area contributed by atoms with E-state index in [0.717, 1.165) is 10.7 Å². The van der Waals surface area contributed by atoms with Crippen molar-refractivity contribution in [1.82, 2.24) is 14.8 Å². The van der Waals surface area contributed by atoms with Gasteiger partial charge < -0.3 is 5.32 Å². The van der Waals surface area contributed by atoms with Crippen LogP contribution < -0.4 is 5.32 Å². The number of carbonyl (C=O) groups is 1. The number of rotatable bonds is 5. The quantitative estimate of drug-likeness (QED) is 0.738. The zero-order valence-electron chi connectivity index (χ0n) is 13.4. The minimum atomic E-state index is -0.133. The van der Waals surface area contributed by atoms with Crippen LogP contribution in [0.15, 0.2) is 42.0 Å². The van der Waals surface area contributed by atoms with Gasteiger partial charge in [0.15, 0.2) is 0 Å². The molecule has 0 saturated carbocycles. The number of halogens is 1. The van der Waals surface area contributed by atoms with Crippen LogP contribution in [0, 0.1) is 0 Å². The highest BCUT2D eigenvalue weighted by Gasteiger charge is 2.14. The first-order chi connectivity index (χ1) is 11.5. The van der Waals surface area contributed by atoms with Crippen LogP contribution >= 0.6 is 22.9 Å². The van der Waals surface area contributed by atoms with Gasteiger partial charge in [-0.3, -0.25) is 4.79 Å². The van der Waals surface area contributed by atoms with Crippen molar-refractivity contribution in [3.05, 3.63) is 57.8 Å². The normalized spacial score (nSPS) is 11.0. The predicted octanol–water partition coefficient (Wildman–Crippen LogP) is 4.29. The summed E-state index contributed by atoms with van der Waals surface area (Å²) in [6.45, 7) is 4.18. The lowest BCUT2D eigenvalue weighted by Gasteiger charge is -2.12. The highest BCUT2D eigenvalue weighted by molar-refractivity contribution is 7.09. The molecule has 124 valence electrons. The lowest BCUT2D eigenvalue weighted by Crippen LogP contribution is -2.16. The molecular weight excluding hydrogens is 344 g/mol. The molecule has 0 fully saturated rings. The maximum absolute atomic E-state index is 12.4. The van der Waals surface area contributed by atoms with Gasteiger partial charge in [-0.15, -0.1) is 11.3 Å². The fourth-order valence-electron chi connectivity index (χ4n) is 2.28. The van der Waals surface area contributed by atoms with Gasteiger partial charge in [0.25, 0.3) is 0 Å². The molecule has 0 spiro atoms. The van der Waals surface area contributed by atoms with Crippen molar-refractivity contribution < 1.29 is 4.79 Å². The number of nitrogens with zero attached hydrogens (tertiary/aromatic N) is 3. The van der Waals surface area contributed by atoms with Gasteiger partial charge >= 0.3 is 0 Å². The van der Waals surface area contributed by atoms with Gasteiger partial charge in [0, 0.05) is 23.7 Å². The Morgan fingerprint density at radius 1 is 1.38 bits per heavy atom. The van der Waals surface area contributed by atoms with Crippen LogP contribution in [0.4, 0.5) is 5.69 Å². The summed E-state index contributed by atoms with van der Waals surface area (Å²) in [7, 11) is 0. The maximum atomic E-state index is 12.4. The van der Waals surface area contributed by atoms with E-state index in [4.69, 9.17) is 11.6 Å². The number of thiazole rings is 1. The molecule has 0 saturated heterocycles. The third-order valence-corrected chi connectivity index (χ3v) is 4.90. The fraction of sp³-hybridized carbons (Fsp3) is 0.235. The molecule has 0 atom stereocenters. The van der Waals surface area contributed by atoms with Gasteiger partial charge in [-0.1, -0.05) is 31.5 Å². The Hall–Kier alpha value is -2.18. The number of aromatic nitrogens is 3. The van der Waals surface area contributed by atoms with Gasteiger partial charge in [-0.2, -0.15) is 5.10 Å². The number of hydrogen-bond donors (Lipinski definition) is 1. The van der Waals surface area contributed by atoms with Crippen molar-refractivity contribution in [3.8, 4) is 5.69 Å². The highest BCUT2D eigenvalue weighted by Crippen LogP contribution is 2.28. The number of anilines is 1. The molecule has 0 radical (unpaired) electrons. The van der Waals surface area contributed by atoms with Crippen molar-refractivity contribution in [2.75, 3.05) is 5.32 Å². The number of para-hydroxylation sites is 1. The van der Waals surface area contributed by atoms with Crippen LogP contribution in [0.2, 0.25) is 5.02 Å². The van der Waals surface area contributed by atoms with Gasteiger partial charge in [-0.25, -0.2) is 9.67 Å². The van der Waals surface area contributed by atoms with E-state index in [2.05, 4.69) is 29.2 Å². The van der Waals surface area contributed by atoms with E-state index in [1.807, 2.05) is 5.38 Å². The van der Waals surface area contributed by atoms with Gasteiger partial charge in [0.2, 0.25) is 5.91 Å². The summed E-state index contributed by atoms with van der Waals surface area (Å²) in [6.07, 6.45) is 3.68. The van der Waals surface area contributed by atoms with Gasteiger partial charge in [-0.05, 0) is 18.2 Å². The Morgan fingerprint density at radius 3 is 2.88 bits per heavy atom. The van der Waals surface area contributed by atoms with Crippen LogP contribution in [-0.2, 0) is 11.2 Å². The SMILES string of the molecule is CC(C)c1nc(CC(=O)Nc2cccc(Cl)c2-n2cccn2)cs1. The first kappa shape index (κ1) is 16.7. The molecule has 0 aliphatic heterocycles. The molecule has 2 heterocycles. The molecule has 1 N–H and O–H groups in total. The molecule has 5 nitrogen and oxygen atoms in total. The largest absolute Gasteiger partial charge is 0.324 e. The van der Waals surface area contributed by atoms with E-state index in [1.165, 1.54) is 0 Å². The molecular formula is C17H17ClN4OS. The monoisotopic (exact) mass is 360 g/mol. The molecule has 0 aliphatic carbocycles. The number of amides is 1. The Bertz CT molecular complexity index is 842. The third-order valence-electron chi connectivity index (χ3n) is 3.40. The summed E-state index contributed by atoms with van der Waals surface area (Å²) >= 11 is 7.86. The van der Waals surface area contributed by atoms with Gasteiger partial charge in [0.1, 0.15) is 5.69 Å². The van der Waals surface area contributed by atoms with Crippen LogP contribution in [0.3, 0.4) is 0 Å². The Morgan fingerprint density at radius 2 is 2.21 bits per heavy atom. The third kappa shape index (κ3) is 3.66. The molecule has 0 bridgehead atoms. The molecule has 0 unspecified atom stereocenters. The van der Waals surface area contributed by atoms with E-state index in [-0.39, 0.29) is 12.3 Å². The Balaban J connectivity index is 1.78. The minimum absolute atomic E-state index is 0.133. The van der Waals surface area contributed by atoms with E-state index in [1.54, 1.807) is 52.7 Å². The van der Waals surface area contributed by atoms with Crippen molar-refractivity contribution in [3.63, 3.8) is 0 Å². The molecule has 1 amide bonds. The summed E-state index contributed by atoms with van der Waals surface area (Å²) in [5.74, 6) is 0.234. The number of nitrogens with one attached hydrogen (secondary N) is 1. The molecule has 2 aromatic heterocycles. The fourth-order valence-corrected chi connectivity index (χ4v) is 3.37. The molecule has 3 aromatic rings. The second kappa shape index (κ2) is 7.15.